The largest absolute Gasteiger partial charge is 0.457 e. The Hall–Kier alpha value is -4.96. The minimum atomic E-state index is -0.477. The minimum Gasteiger partial charge on any atom is -0.457 e. The van der Waals surface area contributed by atoms with Gasteiger partial charge in [-0.3, -0.25) is 23.7 Å². The number of amides is 1. The van der Waals surface area contributed by atoms with Crippen molar-refractivity contribution < 1.29 is 14.3 Å². The van der Waals surface area contributed by atoms with Gasteiger partial charge in [-0.15, -0.1) is 0 Å². The van der Waals surface area contributed by atoms with Crippen molar-refractivity contribution in [2.75, 3.05) is 58.2 Å². The van der Waals surface area contributed by atoms with Gasteiger partial charge in [-0.25, -0.2) is 9.78 Å². The van der Waals surface area contributed by atoms with E-state index in [2.05, 4.69) is 34.7 Å². The Kier molecular flexibility index (Phi) is 8.98. The predicted molar refractivity (Wildman–Crippen MR) is 187 cm³/mol. The molecule has 3 aliphatic rings. The molecule has 0 unspecified atom stereocenters. The second-order valence-electron chi connectivity index (χ2n) is 13.5. The summed E-state index contributed by atoms with van der Waals surface area (Å²) in [7, 11) is 0. The zero-order valence-electron chi connectivity index (χ0n) is 28.0. The Morgan fingerprint density at radius 1 is 1.00 bits per heavy atom. The second kappa shape index (κ2) is 13.5. The summed E-state index contributed by atoms with van der Waals surface area (Å²) in [6, 6.07) is 20.9. The molecule has 5 heterocycles. The average Bonchev–Trinajstić information content (AvgIpc) is 3.40. The predicted octanol–water partition coefficient (Wildman–Crippen LogP) is 3.97. The maximum absolute atomic E-state index is 14.3. The monoisotopic (exact) mass is 662 g/mol. The van der Waals surface area contributed by atoms with E-state index in [4.69, 9.17) is 15.2 Å². The molecule has 0 spiro atoms. The first-order valence-corrected chi connectivity index (χ1v) is 16.9. The van der Waals surface area contributed by atoms with Crippen LogP contribution in [-0.2, 0) is 9.53 Å². The van der Waals surface area contributed by atoms with Crippen molar-refractivity contribution >= 4 is 22.8 Å². The molecule has 3 saturated heterocycles. The highest BCUT2D eigenvalue weighted by atomic mass is 16.5. The van der Waals surface area contributed by atoms with Crippen LogP contribution < -0.4 is 16.2 Å². The second-order valence-corrected chi connectivity index (χ2v) is 13.5. The lowest BCUT2D eigenvalue weighted by atomic mass is 9.96. The topological polar surface area (TPSA) is 135 Å². The van der Waals surface area contributed by atoms with Crippen molar-refractivity contribution in [2.24, 2.45) is 0 Å². The van der Waals surface area contributed by atoms with Crippen molar-refractivity contribution in [1.82, 2.24) is 28.8 Å². The van der Waals surface area contributed by atoms with Gasteiger partial charge in [0.05, 0.1) is 36.5 Å². The van der Waals surface area contributed by atoms with Crippen LogP contribution in [0.4, 0.5) is 5.82 Å². The van der Waals surface area contributed by atoms with Crippen LogP contribution in [0.25, 0.3) is 16.7 Å². The SMILES string of the molecule is CC(C)(/C=C(/C#N)C(=O)N1CCC[C@@H](n2c(=O)n(-c3ccc(Oc4ccccc4)cc3)c3c(N)nccc32)C1)N1CCN(C2COC2)CC1. The van der Waals surface area contributed by atoms with E-state index in [0.717, 1.165) is 39.4 Å². The van der Waals surface area contributed by atoms with Crippen molar-refractivity contribution in [3.8, 4) is 23.3 Å². The van der Waals surface area contributed by atoms with Gasteiger partial charge >= 0.3 is 5.69 Å². The number of aromatic nitrogens is 3. The van der Waals surface area contributed by atoms with Crippen LogP contribution in [0.15, 0.2) is 83.3 Å². The van der Waals surface area contributed by atoms with Gasteiger partial charge in [0.15, 0.2) is 0 Å². The van der Waals surface area contributed by atoms with Crippen LogP contribution in [0.3, 0.4) is 0 Å². The molecule has 0 saturated carbocycles. The summed E-state index contributed by atoms with van der Waals surface area (Å²) in [6.07, 6.45) is 4.80. The van der Waals surface area contributed by atoms with E-state index >= 15 is 0 Å². The van der Waals surface area contributed by atoms with Gasteiger partial charge in [0, 0.05) is 51.0 Å². The number of anilines is 1. The fourth-order valence-electron chi connectivity index (χ4n) is 7.27. The molecule has 3 fully saturated rings. The Morgan fingerprint density at radius 3 is 2.39 bits per heavy atom. The van der Waals surface area contributed by atoms with E-state index < -0.39 is 5.54 Å². The highest BCUT2D eigenvalue weighted by molar-refractivity contribution is 5.97. The number of hydrogen-bond donors (Lipinski definition) is 1. The molecule has 12 nitrogen and oxygen atoms in total. The smallest absolute Gasteiger partial charge is 0.334 e. The summed E-state index contributed by atoms with van der Waals surface area (Å²) in [5.41, 5.74) is 7.55. The molecular formula is C37H42N8O4. The molecule has 12 heteroatoms. The number of benzene rings is 2. The number of piperidine rings is 1. The number of carbonyl (C=O) groups is 1. The first kappa shape index (κ1) is 32.6. The van der Waals surface area contributed by atoms with Crippen molar-refractivity contribution in [3.05, 3.63) is 89.0 Å². The van der Waals surface area contributed by atoms with Crippen molar-refractivity contribution in [1.29, 1.82) is 5.26 Å². The Morgan fingerprint density at radius 2 is 1.71 bits per heavy atom. The molecule has 7 rings (SSSR count). The van der Waals surface area contributed by atoms with Gasteiger partial charge in [0.2, 0.25) is 0 Å². The van der Waals surface area contributed by atoms with E-state index in [9.17, 15) is 14.9 Å². The molecule has 0 radical (unpaired) electrons. The standard InChI is InChI=1S/C37H42N8O4/c1-37(2,43-19-17-41(18-20-43)29-24-48-25-29)21-26(22-38)35(46)42-16-6-7-28(23-42)44-32-14-15-40-34(39)33(32)45(36(44)47)27-10-12-31(13-11-27)49-30-8-4-3-5-9-30/h3-5,8-15,21,28-29H,6-7,16-20,23-25H2,1-2H3,(H2,39,40)/b26-21-/t28-/m1/s1. The number of pyridine rings is 1. The van der Waals surface area contributed by atoms with E-state index in [1.807, 2.05) is 60.7 Å². The first-order valence-electron chi connectivity index (χ1n) is 16.9. The summed E-state index contributed by atoms with van der Waals surface area (Å²) in [5, 5.41) is 10.2. The number of nitrogens with two attached hydrogens (primary N) is 1. The Labute approximate surface area is 285 Å². The lowest BCUT2D eigenvalue weighted by Crippen LogP contribution is -2.59. The maximum Gasteiger partial charge on any atom is 0.334 e. The quantitative estimate of drug-likeness (QED) is 0.220. The molecular weight excluding hydrogens is 620 g/mol. The van der Waals surface area contributed by atoms with Gasteiger partial charge in [-0.05, 0) is 75.2 Å². The summed E-state index contributed by atoms with van der Waals surface area (Å²) in [6.45, 7) is 10.1. The highest BCUT2D eigenvalue weighted by Crippen LogP contribution is 2.31. The molecule has 0 bridgehead atoms. The third-order valence-corrected chi connectivity index (χ3v) is 10.0. The minimum absolute atomic E-state index is 0.126. The number of nitriles is 1. The first-order chi connectivity index (χ1) is 23.7. The number of piperazine rings is 1. The van der Waals surface area contributed by atoms with E-state index in [-0.39, 0.29) is 29.0 Å². The third-order valence-electron chi connectivity index (χ3n) is 10.0. The molecule has 49 heavy (non-hydrogen) atoms. The number of carbonyl (C=O) groups excluding carboxylic acids is 1. The number of para-hydroxylation sites is 1. The molecule has 2 aromatic heterocycles. The van der Waals surface area contributed by atoms with E-state index in [1.165, 1.54) is 0 Å². The summed E-state index contributed by atoms with van der Waals surface area (Å²) >= 11 is 0. The van der Waals surface area contributed by atoms with Gasteiger partial charge in [0.25, 0.3) is 5.91 Å². The van der Waals surface area contributed by atoms with Crippen LogP contribution in [0.2, 0.25) is 0 Å². The van der Waals surface area contributed by atoms with Gasteiger partial charge in [0.1, 0.15) is 34.5 Å². The molecule has 0 aliphatic carbocycles. The lowest BCUT2D eigenvalue weighted by Gasteiger charge is -2.46. The van der Waals surface area contributed by atoms with Gasteiger partial charge in [-0.2, -0.15) is 5.26 Å². The molecule has 3 aliphatic heterocycles. The van der Waals surface area contributed by atoms with Crippen LogP contribution >= 0.6 is 0 Å². The van der Waals surface area contributed by atoms with Crippen molar-refractivity contribution in [3.63, 3.8) is 0 Å². The molecule has 2 aromatic carbocycles. The Bertz CT molecular complexity index is 1950. The zero-order chi connectivity index (χ0) is 34.1. The van der Waals surface area contributed by atoms with Crippen LogP contribution in [0.5, 0.6) is 11.5 Å². The average molecular weight is 663 g/mol. The molecule has 1 amide bonds. The molecule has 254 valence electrons. The summed E-state index contributed by atoms with van der Waals surface area (Å²) in [5.74, 6) is 1.28. The van der Waals surface area contributed by atoms with E-state index in [0.29, 0.717) is 60.2 Å². The summed E-state index contributed by atoms with van der Waals surface area (Å²) < 4.78 is 14.6. The number of nitrogen functional groups attached to an aromatic ring is 1. The lowest BCUT2D eigenvalue weighted by molar-refractivity contribution is -0.128. The fraction of sp³-hybridized carbons (Fsp3) is 0.405. The number of hydrogen-bond acceptors (Lipinski definition) is 9. The van der Waals surface area contributed by atoms with Crippen LogP contribution in [-0.4, -0.2) is 98.8 Å². The van der Waals surface area contributed by atoms with E-state index in [1.54, 1.807) is 26.3 Å². The van der Waals surface area contributed by atoms with Crippen LogP contribution in [0.1, 0.15) is 32.7 Å². The number of likely N-dealkylation sites (tertiary alicyclic amines) is 1. The number of nitrogens with zero attached hydrogens (tertiary/aromatic N) is 7. The summed E-state index contributed by atoms with van der Waals surface area (Å²) in [4.78, 5) is 39.0. The maximum atomic E-state index is 14.3. The fourth-order valence-corrected chi connectivity index (χ4v) is 7.27. The number of imidazole rings is 1. The molecule has 4 aromatic rings. The molecule has 1 atom stereocenters. The third kappa shape index (κ3) is 6.45. The van der Waals surface area contributed by atoms with Crippen LogP contribution in [0, 0.1) is 11.3 Å². The van der Waals surface area contributed by atoms with Gasteiger partial charge < -0.3 is 20.1 Å². The Balaban J connectivity index is 1.12. The number of rotatable bonds is 8. The van der Waals surface area contributed by atoms with Gasteiger partial charge in [-0.1, -0.05) is 18.2 Å². The normalized spacial score (nSPS) is 19.8. The molecule has 2 N–H and O–H groups in total. The number of ether oxygens (including phenoxy) is 2. The number of fused-ring (bicyclic) bond motifs is 1. The van der Waals surface area contributed by atoms with Crippen molar-refractivity contribution in [2.45, 2.75) is 44.3 Å². The highest BCUT2D eigenvalue weighted by Gasteiger charge is 2.35. The zero-order valence-corrected chi connectivity index (χ0v) is 28.0.